The molecule has 0 saturated heterocycles. The third kappa shape index (κ3) is 7.11. The molecular weight excluding hydrogens is 815 g/mol. The molecule has 0 fully saturated rings. The summed E-state index contributed by atoms with van der Waals surface area (Å²) in [5.74, 6) is 0.754. The first-order valence-corrected chi connectivity index (χ1v) is 17.6. The Bertz CT molecular complexity index is 2160. The molecule has 47 heavy (non-hydrogen) atoms. The lowest BCUT2D eigenvalue weighted by Crippen LogP contribution is -2.40. The second-order valence-electron chi connectivity index (χ2n) is 10.4. The fourth-order valence-electron chi connectivity index (χ4n) is 5.26. The third-order valence-corrected chi connectivity index (χ3v) is 9.92. The highest BCUT2D eigenvalue weighted by Crippen LogP contribution is 2.36. The minimum atomic E-state index is -0.795. The number of nitrogens with zero attached hydrogens (tertiary/aromatic N) is 2. The van der Waals surface area contributed by atoms with E-state index in [0.29, 0.717) is 43.7 Å². The maximum Gasteiger partial charge on any atom is 0.338 e. The smallest absolute Gasteiger partial charge is 0.338 e. The summed E-state index contributed by atoms with van der Waals surface area (Å²) in [6.45, 7) is 2.24. The Morgan fingerprint density at radius 3 is 2.47 bits per heavy atom. The monoisotopic (exact) mass is 840 g/mol. The van der Waals surface area contributed by atoms with E-state index >= 15 is 0 Å². The van der Waals surface area contributed by atoms with Crippen LogP contribution < -0.4 is 24.4 Å². The molecule has 0 saturated carbocycles. The zero-order chi connectivity index (χ0) is 33.1. The van der Waals surface area contributed by atoms with E-state index in [1.807, 2.05) is 97.1 Å². The van der Waals surface area contributed by atoms with Gasteiger partial charge < -0.3 is 14.2 Å². The molecule has 1 aliphatic rings. The fourth-order valence-corrected chi connectivity index (χ4v) is 8.08. The maximum atomic E-state index is 14.4. The van der Waals surface area contributed by atoms with E-state index in [1.165, 1.54) is 11.3 Å². The van der Waals surface area contributed by atoms with Crippen LogP contribution in [-0.2, 0) is 16.1 Å². The van der Waals surface area contributed by atoms with E-state index in [4.69, 9.17) is 30.8 Å². The average Bonchev–Trinajstić information content (AvgIpc) is 3.38. The summed E-state index contributed by atoms with van der Waals surface area (Å²) in [5.41, 5.74) is 3.59. The summed E-state index contributed by atoms with van der Waals surface area (Å²) in [6, 6.07) is 27.3. The van der Waals surface area contributed by atoms with E-state index in [9.17, 15) is 9.59 Å². The van der Waals surface area contributed by atoms with Crippen molar-refractivity contribution in [1.82, 2.24) is 4.57 Å². The fraction of sp³-hybridized carbons (Fsp3) is 0.139. The van der Waals surface area contributed by atoms with Gasteiger partial charge in [0.25, 0.3) is 5.56 Å². The quantitative estimate of drug-likeness (QED) is 0.113. The lowest BCUT2D eigenvalue weighted by atomic mass is 9.93. The molecule has 7 nitrogen and oxygen atoms in total. The maximum absolute atomic E-state index is 14.4. The molecule has 238 valence electrons. The molecule has 4 aromatic carbocycles. The summed E-state index contributed by atoms with van der Waals surface area (Å²) >= 11 is 13.2. The van der Waals surface area contributed by atoms with Crippen LogP contribution in [0.5, 0.6) is 11.5 Å². The zero-order valence-corrected chi connectivity index (χ0v) is 30.5. The van der Waals surface area contributed by atoms with Gasteiger partial charge in [0.05, 0.1) is 39.1 Å². The lowest BCUT2D eigenvalue weighted by molar-refractivity contribution is -0.138. The lowest BCUT2D eigenvalue weighted by Gasteiger charge is -2.26. The van der Waals surface area contributed by atoms with Crippen molar-refractivity contribution in [2.24, 2.45) is 4.99 Å². The van der Waals surface area contributed by atoms with Crippen LogP contribution in [0.15, 0.2) is 111 Å². The van der Waals surface area contributed by atoms with E-state index in [2.05, 4.69) is 38.5 Å². The molecule has 6 rings (SSSR count). The first-order chi connectivity index (χ1) is 22.8. The Hall–Kier alpha value is -3.71. The molecule has 1 atom stereocenters. The second-order valence-corrected chi connectivity index (χ2v) is 13.9. The minimum absolute atomic E-state index is 0.171. The molecule has 1 aromatic heterocycles. The van der Waals surface area contributed by atoms with Crippen LogP contribution in [0.4, 0.5) is 0 Å². The van der Waals surface area contributed by atoms with Crippen LogP contribution in [0.25, 0.3) is 11.8 Å². The van der Waals surface area contributed by atoms with Gasteiger partial charge in [-0.05, 0) is 83.1 Å². The molecular formula is C36H27BrClIN2O5S. The van der Waals surface area contributed by atoms with Crippen LogP contribution >= 0.6 is 61.5 Å². The first-order valence-electron chi connectivity index (χ1n) is 14.6. The Morgan fingerprint density at radius 2 is 1.79 bits per heavy atom. The van der Waals surface area contributed by atoms with Crippen molar-refractivity contribution in [2.45, 2.75) is 19.6 Å². The van der Waals surface area contributed by atoms with Gasteiger partial charge in [0.2, 0.25) is 0 Å². The molecule has 0 radical (unpaired) electrons. The standard InChI is InChI=1S/C36H27BrClIN2O5S/c1-3-45-35(43)30-31(22-7-5-4-6-8-22)40-36-41(32(30)23-11-15-27(44-2)16-12-23)34(42)29(47-36)18-24-17-25(37)19-28(39)33(24)46-20-21-9-13-26(38)14-10-21/h4-19,32H,3,20H2,1-2H3/b29-18-/t32-/m0/s1. The number of carbonyl (C=O) groups is 1. The van der Waals surface area contributed by atoms with Gasteiger partial charge in [0, 0.05) is 20.6 Å². The Morgan fingerprint density at radius 1 is 1.06 bits per heavy atom. The first kappa shape index (κ1) is 33.2. The number of fused-ring (bicyclic) bond motifs is 1. The van der Waals surface area contributed by atoms with Gasteiger partial charge in [-0.15, -0.1) is 0 Å². The van der Waals surface area contributed by atoms with Crippen LogP contribution in [0, 0.1) is 3.57 Å². The number of hydrogen-bond acceptors (Lipinski definition) is 7. The molecule has 1 aliphatic heterocycles. The van der Waals surface area contributed by atoms with Crippen molar-refractivity contribution in [1.29, 1.82) is 0 Å². The topological polar surface area (TPSA) is 79.1 Å². The normalized spacial score (nSPS) is 14.4. The van der Waals surface area contributed by atoms with Gasteiger partial charge in [0.15, 0.2) is 4.80 Å². The summed E-state index contributed by atoms with van der Waals surface area (Å²) in [5, 5.41) is 0.650. The SMILES string of the molecule is CCOC(=O)C1=C(c2ccccc2)N=c2s/c(=C\c3cc(Br)cc(I)c3OCc3ccc(Cl)cc3)c(=O)n2[C@H]1c1ccc(OC)cc1. The van der Waals surface area contributed by atoms with E-state index < -0.39 is 12.0 Å². The van der Waals surface area contributed by atoms with E-state index in [0.717, 1.165) is 24.7 Å². The van der Waals surface area contributed by atoms with Gasteiger partial charge in [-0.1, -0.05) is 93.5 Å². The number of methoxy groups -OCH3 is 1. The number of halogens is 3. The van der Waals surface area contributed by atoms with E-state index in [1.54, 1.807) is 18.6 Å². The predicted octanol–water partition coefficient (Wildman–Crippen LogP) is 7.54. The number of esters is 1. The molecule has 0 aliphatic carbocycles. The van der Waals surface area contributed by atoms with Gasteiger partial charge in [-0.3, -0.25) is 9.36 Å². The molecule has 5 aromatic rings. The van der Waals surface area contributed by atoms with Gasteiger partial charge in [-0.2, -0.15) is 0 Å². The molecule has 0 amide bonds. The van der Waals surface area contributed by atoms with Gasteiger partial charge in [-0.25, -0.2) is 9.79 Å². The van der Waals surface area contributed by atoms with Gasteiger partial charge >= 0.3 is 5.97 Å². The second kappa shape index (κ2) is 14.6. The summed E-state index contributed by atoms with van der Waals surface area (Å²) < 4.78 is 21.0. The molecule has 2 heterocycles. The summed E-state index contributed by atoms with van der Waals surface area (Å²) in [6.07, 6.45) is 1.81. The van der Waals surface area contributed by atoms with Crippen molar-refractivity contribution in [3.8, 4) is 11.5 Å². The van der Waals surface area contributed by atoms with E-state index in [-0.39, 0.29) is 17.7 Å². The Balaban J connectivity index is 1.55. The number of hydrogen-bond donors (Lipinski definition) is 0. The minimum Gasteiger partial charge on any atom is -0.497 e. The third-order valence-electron chi connectivity index (χ3n) is 7.43. The number of aromatic nitrogens is 1. The number of ether oxygens (including phenoxy) is 3. The Kier molecular flexibility index (Phi) is 10.3. The molecule has 0 N–H and O–H groups in total. The number of benzene rings is 4. The van der Waals surface area contributed by atoms with Crippen LogP contribution in [-0.4, -0.2) is 24.3 Å². The highest BCUT2D eigenvalue weighted by Gasteiger charge is 2.35. The predicted molar refractivity (Wildman–Crippen MR) is 197 cm³/mol. The van der Waals surface area contributed by atoms with Crippen molar-refractivity contribution in [3.63, 3.8) is 0 Å². The number of thiazole rings is 1. The van der Waals surface area contributed by atoms with Crippen LogP contribution in [0.2, 0.25) is 5.02 Å². The van der Waals surface area contributed by atoms with Crippen molar-refractivity contribution >= 4 is 79.2 Å². The molecule has 0 bridgehead atoms. The average molecular weight is 842 g/mol. The van der Waals surface area contributed by atoms with Crippen LogP contribution in [0.1, 0.15) is 35.2 Å². The highest BCUT2D eigenvalue weighted by molar-refractivity contribution is 14.1. The number of rotatable bonds is 9. The Labute approximate surface area is 302 Å². The largest absolute Gasteiger partial charge is 0.497 e. The molecule has 0 unspecified atom stereocenters. The van der Waals surface area contributed by atoms with Gasteiger partial charge in [0.1, 0.15) is 18.1 Å². The van der Waals surface area contributed by atoms with Crippen molar-refractivity contribution in [2.75, 3.05) is 13.7 Å². The highest BCUT2D eigenvalue weighted by atomic mass is 127. The summed E-state index contributed by atoms with van der Waals surface area (Å²) in [4.78, 5) is 33.5. The molecule has 11 heteroatoms. The zero-order valence-electron chi connectivity index (χ0n) is 25.2. The van der Waals surface area contributed by atoms with Crippen molar-refractivity contribution in [3.05, 3.63) is 152 Å². The van der Waals surface area contributed by atoms with Crippen LogP contribution in [0.3, 0.4) is 0 Å². The number of carbonyl (C=O) groups excluding carboxylic acids is 1. The molecule has 0 spiro atoms. The summed E-state index contributed by atoms with van der Waals surface area (Å²) in [7, 11) is 1.59. The van der Waals surface area contributed by atoms with Crippen molar-refractivity contribution < 1.29 is 19.0 Å².